The number of carbonyl (C=O) groups excluding carboxylic acids is 1. The van der Waals surface area contributed by atoms with Gasteiger partial charge in [-0.25, -0.2) is 13.8 Å². The molecule has 156 valence electrons. The van der Waals surface area contributed by atoms with E-state index in [1.807, 2.05) is 6.92 Å². The molecule has 8 heteroatoms. The molecule has 1 aromatic rings. The predicted octanol–water partition coefficient (Wildman–Crippen LogP) is 2.57. The minimum atomic E-state index is -3.48. The van der Waals surface area contributed by atoms with Crippen LogP contribution in [0.25, 0.3) is 0 Å². The maximum atomic E-state index is 12.6. The minimum absolute atomic E-state index is 0.145. The number of hydrogen-bond acceptors (Lipinski definition) is 5. The van der Waals surface area contributed by atoms with Gasteiger partial charge in [-0.1, -0.05) is 26.0 Å². The fraction of sp³-hybridized carbons (Fsp3) is 0.600. The number of nitrogens with zero attached hydrogens (tertiary/aromatic N) is 2. The molecule has 1 saturated heterocycles. The summed E-state index contributed by atoms with van der Waals surface area (Å²) in [5.74, 6) is 0.463. The van der Waals surface area contributed by atoms with Gasteiger partial charge in [-0.3, -0.25) is 4.79 Å². The van der Waals surface area contributed by atoms with Gasteiger partial charge in [0.1, 0.15) is 0 Å². The molecule has 1 N–H and O–H groups in total. The number of hydrogen-bond donors (Lipinski definition) is 1. The lowest BCUT2D eigenvalue weighted by Gasteiger charge is -2.26. The first-order valence-corrected chi connectivity index (χ1v) is 11.2. The lowest BCUT2D eigenvalue weighted by Crippen LogP contribution is -2.40. The van der Waals surface area contributed by atoms with Crippen molar-refractivity contribution in [1.29, 1.82) is 0 Å². The average Bonchev–Trinajstić information content (AvgIpc) is 2.70. The summed E-state index contributed by atoms with van der Waals surface area (Å²) in [4.78, 5) is 12.2. The third-order valence-electron chi connectivity index (χ3n) is 4.63. The van der Waals surface area contributed by atoms with E-state index in [1.165, 1.54) is 4.31 Å². The van der Waals surface area contributed by atoms with Gasteiger partial charge in [0.15, 0.2) is 0 Å². The molecular formula is C20H31N3O4S. The van der Waals surface area contributed by atoms with Gasteiger partial charge in [-0.05, 0) is 49.8 Å². The Kier molecular flexibility index (Phi) is 8.59. The monoisotopic (exact) mass is 409 g/mol. The van der Waals surface area contributed by atoms with Crippen molar-refractivity contribution < 1.29 is 17.9 Å². The number of nitrogens with one attached hydrogen (secondary N) is 1. The molecule has 0 aromatic heterocycles. The van der Waals surface area contributed by atoms with E-state index < -0.39 is 10.0 Å². The van der Waals surface area contributed by atoms with Crippen LogP contribution in [0.5, 0.6) is 0 Å². The predicted molar refractivity (Wildman–Crippen MR) is 110 cm³/mol. The van der Waals surface area contributed by atoms with Crippen molar-refractivity contribution in [2.75, 3.05) is 26.3 Å². The van der Waals surface area contributed by atoms with Crippen molar-refractivity contribution in [2.24, 2.45) is 11.0 Å². The lowest BCUT2D eigenvalue weighted by molar-refractivity contribution is -0.121. The molecular weight excluding hydrogens is 378 g/mol. The van der Waals surface area contributed by atoms with Crippen LogP contribution in [-0.4, -0.2) is 50.6 Å². The van der Waals surface area contributed by atoms with Crippen LogP contribution in [0.15, 0.2) is 34.3 Å². The van der Waals surface area contributed by atoms with E-state index in [2.05, 4.69) is 24.4 Å². The summed E-state index contributed by atoms with van der Waals surface area (Å²) in [5, 5.41) is 4.13. The SMILES string of the molecule is C/C(CCC(C)C)=N/NC(=O)CCc1ccc(S(=O)(=O)N2CCOCC2)cc1. The van der Waals surface area contributed by atoms with Crippen molar-refractivity contribution >= 4 is 21.6 Å². The van der Waals surface area contributed by atoms with Gasteiger partial charge < -0.3 is 4.74 Å². The Bertz CT molecular complexity index is 767. The molecule has 1 aliphatic rings. The first-order valence-electron chi connectivity index (χ1n) is 9.78. The third kappa shape index (κ3) is 7.00. The Morgan fingerprint density at radius 1 is 1.18 bits per heavy atom. The highest BCUT2D eigenvalue weighted by Crippen LogP contribution is 2.18. The molecule has 28 heavy (non-hydrogen) atoms. The molecule has 7 nitrogen and oxygen atoms in total. The van der Waals surface area contributed by atoms with Gasteiger partial charge in [0.05, 0.1) is 18.1 Å². The molecule has 1 heterocycles. The number of morpholine rings is 1. The smallest absolute Gasteiger partial charge is 0.243 e. The van der Waals surface area contributed by atoms with E-state index in [-0.39, 0.29) is 10.8 Å². The summed E-state index contributed by atoms with van der Waals surface area (Å²) < 4.78 is 31.9. The average molecular weight is 410 g/mol. The minimum Gasteiger partial charge on any atom is -0.379 e. The van der Waals surface area contributed by atoms with Gasteiger partial charge in [-0.2, -0.15) is 9.41 Å². The summed E-state index contributed by atoms with van der Waals surface area (Å²) >= 11 is 0. The Hall–Kier alpha value is -1.77. The van der Waals surface area contributed by atoms with Crippen molar-refractivity contribution in [3.8, 4) is 0 Å². The first kappa shape index (κ1) is 22.5. The number of sulfonamides is 1. The second-order valence-corrected chi connectivity index (χ2v) is 9.41. The number of carbonyl (C=O) groups is 1. The molecule has 0 aliphatic carbocycles. The Morgan fingerprint density at radius 2 is 1.82 bits per heavy atom. The van der Waals surface area contributed by atoms with Crippen LogP contribution < -0.4 is 5.43 Å². The molecule has 1 amide bonds. The number of rotatable bonds is 9. The lowest BCUT2D eigenvalue weighted by atomic mass is 10.1. The van der Waals surface area contributed by atoms with E-state index >= 15 is 0 Å². The van der Waals surface area contributed by atoms with Gasteiger partial charge in [0, 0.05) is 25.2 Å². The van der Waals surface area contributed by atoms with E-state index in [1.54, 1.807) is 24.3 Å². The van der Waals surface area contributed by atoms with Gasteiger partial charge >= 0.3 is 0 Å². The Morgan fingerprint density at radius 3 is 2.43 bits per heavy atom. The van der Waals surface area contributed by atoms with Crippen LogP contribution in [0.1, 0.15) is 45.6 Å². The zero-order valence-electron chi connectivity index (χ0n) is 17.0. The van der Waals surface area contributed by atoms with Crippen molar-refractivity contribution in [3.05, 3.63) is 29.8 Å². The highest BCUT2D eigenvalue weighted by atomic mass is 32.2. The Labute approximate surface area is 168 Å². The summed E-state index contributed by atoms with van der Waals surface area (Å²) in [6.07, 6.45) is 2.75. The van der Waals surface area contributed by atoms with Crippen molar-refractivity contribution in [3.63, 3.8) is 0 Å². The zero-order valence-corrected chi connectivity index (χ0v) is 17.8. The van der Waals surface area contributed by atoms with Crippen LogP contribution in [0.2, 0.25) is 0 Å². The number of ether oxygens (including phenoxy) is 1. The van der Waals surface area contributed by atoms with Crippen LogP contribution in [0.4, 0.5) is 0 Å². The molecule has 1 aliphatic heterocycles. The second-order valence-electron chi connectivity index (χ2n) is 7.47. The highest BCUT2D eigenvalue weighted by molar-refractivity contribution is 7.89. The Balaban J connectivity index is 1.83. The standard InChI is InChI=1S/C20H31N3O4S/c1-16(2)4-5-17(3)21-22-20(24)11-8-18-6-9-19(10-7-18)28(25,26)23-12-14-27-15-13-23/h6-7,9-10,16H,4-5,8,11-15H2,1-3H3,(H,22,24)/b21-17-. The van der Waals surface area contributed by atoms with Gasteiger partial charge in [0.2, 0.25) is 15.9 Å². The first-order chi connectivity index (χ1) is 13.3. The van der Waals surface area contributed by atoms with E-state index in [0.717, 1.165) is 24.1 Å². The van der Waals surface area contributed by atoms with Crippen LogP contribution in [0.3, 0.4) is 0 Å². The molecule has 0 radical (unpaired) electrons. The third-order valence-corrected chi connectivity index (χ3v) is 6.54. The largest absolute Gasteiger partial charge is 0.379 e. The normalized spacial score (nSPS) is 16.4. The molecule has 0 unspecified atom stereocenters. The zero-order chi connectivity index (χ0) is 20.6. The number of amides is 1. The number of aryl methyl sites for hydroxylation is 1. The maximum Gasteiger partial charge on any atom is 0.243 e. The molecule has 0 atom stereocenters. The molecule has 1 fully saturated rings. The van der Waals surface area contributed by atoms with Crippen LogP contribution in [-0.2, 0) is 26.0 Å². The number of benzene rings is 1. The summed E-state index contributed by atoms with van der Waals surface area (Å²) in [6.45, 7) is 7.82. The topological polar surface area (TPSA) is 88.1 Å². The second kappa shape index (κ2) is 10.7. The quantitative estimate of drug-likeness (QED) is 0.501. The maximum absolute atomic E-state index is 12.6. The van der Waals surface area contributed by atoms with E-state index in [9.17, 15) is 13.2 Å². The molecule has 0 spiro atoms. The van der Waals surface area contributed by atoms with E-state index in [0.29, 0.717) is 45.1 Å². The molecule has 0 saturated carbocycles. The van der Waals surface area contributed by atoms with Crippen molar-refractivity contribution in [2.45, 2.75) is 51.3 Å². The van der Waals surface area contributed by atoms with Crippen molar-refractivity contribution in [1.82, 2.24) is 9.73 Å². The fourth-order valence-electron chi connectivity index (χ4n) is 2.79. The van der Waals surface area contributed by atoms with Gasteiger partial charge in [0.25, 0.3) is 0 Å². The summed E-state index contributed by atoms with van der Waals surface area (Å²) in [7, 11) is -3.48. The molecule has 0 bridgehead atoms. The van der Waals surface area contributed by atoms with E-state index in [4.69, 9.17) is 4.74 Å². The fourth-order valence-corrected chi connectivity index (χ4v) is 4.20. The highest BCUT2D eigenvalue weighted by Gasteiger charge is 2.26. The summed E-state index contributed by atoms with van der Waals surface area (Å²) in [6, 6.07) is 6.73. The molecule has 2 rings (SSSR count). The van der Waals surface area contributed by atoms with Gasteiger partial charge in [-0.15, -0.1) is 0 Å². The molecule has 1 aromatic carbocycles. The number of hydrazone groups is 1. The van der Waals surface area contributed by atoms with Crippen LogP contribution in [0, 0.1) is 5.92 Å². The summed E-state index contributed by atoms with van der Waals surface area (Å²) in [5.41, 5.74) is 4.42. The van der Waals surface area contributed by atoms with Crippen LogP contribution >= 0.6 is 0 Å².